The summed E-state index contributed by atoms with van der Waals surface area (Å²) in [7, 11) is -3.98. The summed E-state index contributed by atoms with van der Waals surface area (Å²) in [4.78, 5) is 9.82. The van der Waals surface area contributed by atoms with Gasteiger partial charge in [-0.15, -0.1) is 0 Å². The van der Waals surface area contributed by atoms with Gasteiger partial charge < -0.3 is 5.73 Å². The summed E-state index contributed by atoms with van der Waals surface area (Å²) in [6.07, 6.45) is 2.45. The standard InChI is InChI=1S/C11H17N3O4S2/c1-3-8(7-19-2)13-20(17,18)10-6-4-5-9(12)11(10)14(15)16/h4-6,8,13H,3,7,12H2,1-2H3. The number of thioether (sulfide) groups is 1. The third-order valence-electron chi connectivity index (χ3n) is 2.68. The van der Waals surface area contributed by atoms with Gasteiger partial charge >= 0.3 is 5.69 Å². The fourth-order valence-corrected chi connectivity index (χ4v) is 4.02. The number of nitro groups is 1. The number of sulfonamides is 1. The van der Waals surface area contributed by atoms with Crippen LogP contribution in [0.1, 0.15) is 13.3 Å². The number of anilines is 1. The van der Waals surface area contributed by atoms with Crippen LogP contribution in [0.5, 0.6) is 0 Å². The summed E-state index contributed by atoms with van der Waals surface area (Å²) in [5.41, 5.74) is 4.75. The van der Waals surface area contributed by atoms with Crippen molar-refractivity contribution < 1.29 is 13.3 Å². The van der Waals surface area contributed by atoms with Crippen LogP contribution in [-0.2, 0) is 10.0 Å². The normalized spacial score (nSPS) is 13.1. The molecule has 0 saturated heterocycles. The number of nitrogens with one attached hydrogen (secondary N) is 1. The molecule has 0 aromatic heterocycles. The lowest BCUT2D eigenvalue weighted by molar-refractivity contribution is -0.386. The maximum atomic E-state index is 12.3. The predicted molar refractivity (Wildman–Crippen MR) is 80.3 cm³/mol. The lowest BCUT2D eigenvalue weighted by atomic mass is 10.3. The number of rotatable bonds is 7. The van der Waals surface area contributed by atoms with Crippen molar-refractivity contribution in [3.63, 3.8) is 0 Å². The average Bonchev–Trinajstić information content (AvgIpc) is 2.37. The van der Waals surface area contributed by atoms with Crippen molar-refractivity contribution >= 4 is 33.2 Å². The zero-order valence-corrected chi connectivity index (χ0v) is 12.8. The van der Waals surface area contributed by atoms with Crippen molar-refractivity contribution in [2.45, 2.75) is 24.3 Å². The van der Waals surface area contributed by atoms with E-state index in [1.165, 1.54) is 30.0 Å². The number of nitro benzene ring substituents is 1. The van der Waals surface area contributed by atoms with Gasteiger partial charge in [0.1, 0.15) is 5.69 Å². The number of para-hydroxylation sites is 1. The molecule has 7 nitrogen and oxygen atoms in total. The molecule has 0 aliphatic carbocycles. The summed E-state index contributed by atoms with van der Waals surface area (Å²) in [5.74, 6) is 0.589. The minimum atomic E-state index is -3.98. The topological polar surface area (TPSA) is 115 Å². The molecule has 0 heterocycles. The van der Waals surface area contributed by atoms with Gasteiger partial charge in [0.25, 0.3) is 0 Å². The Hall–Kier alpha value is -1.32. The molecule has 1 aromatic rings. The largest absolute Gasteiger partial charge is 0.393 e. The van der Waals surface area contributed by atoms with Crippen LogP contribution < -0.4 is 10.5 Å². The maximum Gasteiger partial charge on any atom is 0.312 e. The second kappa shape index (κ2) is 6.91. The Balaban J connectivity index is 3.22. The number of hydrogen-bond acceptors (Lipinski definition) is 6. The molecule has 0 radical (unpaired) electrons. The van der Waals surface area contributed by atoms with E-state index in [2.05, 4.69) is 4.72 Å². The Morgan fingerprint density at radius 2 is 2.15 bits per heavy atom. The van der Waals surface area contributed by atoms with E-state index in [0.717, 1.165) is 0 Å². The highest BCUT2D eigenvalue weighted by molar-refractivity contribution is 7.98. The molecule has 0 saturated carbocycles. The Morgan fingerprint density at radius 3 is 2.65 bits per heavy atom. The second-order valence-corrected chi connectivity index (χ2v) is 6.73. The maximum absolute atomic E-state index is 12.3. The van der Waals surface area contributed by atoms with Gasteiger partial charge in [0.05, 0.1) is 4.92 Å². The zero-order valence-electron chi connectivity index (χ0n) is 11.2. The van der Waals surface area contributed by atoms with Gasteiger partial charge in [0, 0.05) is 11.8 Å². The van der Waals surface area contributed by atoms with Crippen molar-refractivity contribution in [1.29, 1.82) is 0 Å². The van der Waals surface area contributed by atoms with E-state index in [1.54, 1.807) is 0 Å². The molecule has 0 spiro atoms. The molecule has 9 heteroatoms. The minimum absolute atomic E-state index is 0.171. The molecular formula is C11H17N3O4S2. The lowest BCUT2D eigenvalue weighted by Gasteiger charge is -2.16. The third kappa shape index (κ3) is 3.84. The average molecular weight is 319 g/mol. The number of nitrogens with two attached hydrogens (primary N) is 1. The van der Waals surface area contributed by atoms with E-state index in [1.807, 2.05) is 13.2 Å². The van der Waals surface area contributed by atoms with Gasteiger partial charge in [-0.2, -0.15) is 11.8 Å². The Morgan fingerprint density at radius 1 is 1.50 bits per heavy atom. The molecule has 1 unspecified atom stereocenters. The smallest absolute Gasteiger partial charge is 0.312 e. The van der Waals surface area contributed by atoms with Crippen LogP contribution in [0.15, 0.2) is 23.1 Å². The molecular weight excluding hydrogens is 302 g/mol. The van der Waals surface area contributed by atoms with Gasteiger partial charge in [0.2, 0.25) is 10.0 Å². The molecule has 0 aliphatic rings. The highest BCUT2D eigenvalue weighted by Gasteiger charge is 2.29. The Bertz CT molecular complexity index is 589. The minimum Gasteiger partial charge on any atom is -0.393 e. The van der Waals surface area contributed by atoms with Crippen molar-refractivity contribution in [3.05, 3.63) is 28.3 Å². The van der Waals surface area contributed by atoms with Crippen molar-refractivity contribution in [1.82, 2.24) is 4.72 Å². The van der Waals surface area contributed by atoms with Gasteiger partial charge in [-0.3, -0.25) is 10.1 Å². The van der Waals surface area contributed by atoms with Crippen LogP contribution in [0.2, 0.25) is 0 Å². The summed E-state index contributed by atoms with van der Waals surface area (Å²) in [5, 5.41) is 11.0. The molecule has 0 bridgehead atoms. The van der Waals surface area contributed by atoms with Crippen LogP contribution in [0.4, 0.5) is 11.4 Å². The fraction of sp³-hybridized carbons (Fsp3) is 0.455. The number of benzene rings is 1. The number of nitrogen functional groups attached to an aromatic ring is 1. The van der Waals surface area contributed by atoms with Crippen LogP contribution in [0, 0.1) is 10.1 Å². The van der Waals surface area contributed by atoms with E-state index in [9.17, 15) is 18.5 Å². The van der Waals surface area contributed by atoms with Crippen molar-refractivity contribution in [3.8, 4) is 0 Å². The lowest BCUT2D eigenvalue weighted by Crippen LogP contribution is -2.36. The molecule has 3 N–H and O–H groups in total. The fourth-order valence-electron chi connectivity index (χ4n) is 1.67. The molecule has 0 amide bonds. The van der Waals surface area contributed by atoms with Gasteiger partial charge in [-0.25, -0.2) is 13.1 Å². The van der Waals surface area contributed by atoms with E-state index in [4.69, 9.17) is 5.73 Å². The summed E-state index contributed by atoms with van der Waals surface area (Å²) in [6.45, 7) is 1.84. The zero-order chi connectivity index (χ0) is 15.3. The van der Waals surface area contributed by atoms with Crippen LogP contribution >= 0.6 is 11.8 Å². The molecule has 1 atom stereocenters. The quantitative estimate of drug-likeness (QED) is 0.448. The van der Waals surface area contributed by atoms with Gasteiger partial charge in [0.15, 0.2) is 4.90 Å². The molecule has 112 valence electrons. The summed E-state index contributed by atoms with van der Waals surface area (Å²) in [6, 6.07) is 3.59. The van der Waals surface area contributed by atoms with Gasteiger partial charge in [-0.05, 0) is 24.8 Å². The second-order valence-electron chi connectivity index (χ2n) is 4.13. The molecule has 0 aliphatic heterocycles. The predicted octanol–water partition coefficient (Wildman–Crippen LogP) is 1.60. The first-order chi connectivity index (χ1) is 9.33. The molecule has 1 aromatic carbocycles. The van der Waals surface area contributed by atoms with E-state index in [0.29, 0.717) is 12.2 Å². The van der Waals surface area contributed by atoms with Crippen molar-refractivity contribution in [2.24, 2.45) is 0 Å². The van der Waals surface area contributed by atoms with Gasteiger partial charge in [-0.1, -0.05) is 13.0 Å². The molecule has 1 rings (SSSR count). The number of hydrogen-bond donors (Lipinski definition) is 2. The van der Waals surface area contributed by atoms with Crippen molar-refractivity contribution in [2.75, 3.05) is 17.7 Å². The summed E-state index contributed by atoms with van der Waals surface area (Å²) >= 11 is 1.50. The van der Waals surface area contributed by atoms with Crippen LogP contribution in [0.3, 0.4) is 0 Å². The highest BCUT2D eigenvalue weighted by atomic mass is 32.2. The van der Waals surface area contributed by atoms with E-state index in [-0.39, 0.29) is 11.7 Å². The first-order valence-electron chi connectivity index (χ1n) is 5.87. The summed E-state index contributed by atoms with van der Waals surface area (Å²) < 4.78 is 27.0. The monoisotopic (exact) mass is 319 g/mol. The van der Waals surface area contributed by atoms with Crippen LogP contribution in [-0.4, -0.2) is 31.4 Å². The Labute approximate surface area is 122 Å². The van der Waals surface area contributed by atoms with E-state index >= 15 is 0 Å². The number of nitrogens with zero attached hydrogens (tertiary/aromatic N) is 1. The SMILES string of the molecule is CCC(CSC)NS(=O)(=O)c1cccc(N)c1[N+](=O)[O-]. The highest BCUT2D eigenvalue weighted by Crippen LogP contribution is 2.29. The van der Waals surface area contributed by atoms with E-state index < -0.39 is 25.5 Å². The van der Waals surface area contributed by atoms with Crippen LogP contribution in [0.25, 0.3) is 0 Å². The third-order valence-corrected chi connectivity index (χ3v) is 4.97. The first kappa shape index (κ1) is 16.7. The molecule has 0 fully saturated rings. The molecule has 20 heavy (non-hydrogen) atoms. The Kier molecular flexibility index (Phi) is 5.78. The first-order valence-corrected chi connectivity index (χ1v) is 8.75.